The molecule has 1 fully saturated rings. The molecule has 1 saturated heterocycles. The molecule has 1 atom stereocenters. The van der Waals surface area contributed by atoms with Gasteiger partial charge in [0.1, 0.15) is 5.69 Å². The molecule has 6 nitrogen and oxygen atoms in total. The van der Waals surface area contributed by atoms with Crippen LogP contribution in [0.5, 0.6) is 0 Å². The standard InChI is InChI=1S/C14H17N5O.2ClH/c1-11-10-15-6-8-18(11)14(20)13-9-12(3-5-16-13)19-7-2-4-17-19;;/h2-5,7,9,11,15H,6,8,10H2,1H3;2*1H/t11-;;/m1../s1. The Bertz CT molecular complexity index is 605. The molecular formula is C14H19Cl2N5O. The molecule has 1 aliphatic rings. The summed E-state index contributed by atoms with van der Waals surface area (Å²) in [6, 6.07) is 5.65. The van der Waals surface area contributed by atoms with Crippen molar-refractivity contribution in [2.75, 3.05) is 19.6 Å². The highest BCUT2D eigenvalue weighted by molar-refractivity contribution is 5.93. The molecule has 1 N–H and O–H groups in total. The smallest absolute Gasteiger partial charge is 0.272 e. The number of nitrogens with one attached hydrogen (secondary N) is 1. The van der Waals surface area contributed by atoms with Crippen molar-refractivity contribution in [2.24, 2.45) is 0 Å². The van der Waals surface area contributed by atoms with Crippen LogP contribution in [-0.4, -0.2) is 51.2 Å². The number of halogens is 2. The Morgan fingerprint density at radius 3 is 2.86 bits per heavy atom. The maximum atomic E-state index is 12.5. The van der Waals surface area contributed by atoms with Crippen molar-refractivity contribution in [3.8, 4) is 5.69 Å². The number of piperazine rings is 1. The number of hydrogen-bond donors (Lipinski definition) is 1. The third kappa shape index (κ3) is 3.76. The molecule has 0 spiro atoms. The van der Waals surface area contributed by atoms with Gasteiger partial charge in [0.15, 0.2) is 0 Å². The van der Waals surface area contributed by atoms with Crippen molar-refractivity contribution >= 4 is 30.7 Å². The van der Waals surface area contributed by atoms with Gasteiger partial charge in [-0.05, 0) is 25.1 Å². The highest BCUT2D eigenvalue weighted by Gasteiger charge is 2.25. The number of amides is 1. The molecular weight excluding hydrogens is 325 g/mol. The molecule has 3 heterocycles. The Morgan fingerprint density at radius 1 is 1.36 bits per heavy atom. The van der Waals surface area contributed by atoms with Crippen molar-refractivity contribution < 1.29 is 4.79 Å². The van der Waals surface area contributed by atoms with Crippen molar-refractivity contribution in [3.05, 3.63) is 42.5 Å². The quantitative estimate of drug-likeness (QED) is 0.898. The Hall–Kier alpha value is -1.63. The van der Waals surface area contributed by atoms with E-state index in [-0.39, 0.29) is 36.8 Å². The van der Waals surface area contributed by atoms with Gasteiger partial charge in [-0.25, -0.2) is 4.68 Å². The van der Waals surface area contributed by atoms with Crippen molar-refractivity contribution in [1.82, 2.24) is 25.0 Å². The molecule has 0 unspecified atom stereocenters. The SMILES string of the molecule is C[C@@H]1CNCCN1C(=O)c1cc(-n2cccn2)ccn1.Cl.Cl. The largest absolute Gasteiger partial charge is 0.332 e. The summed E-state index contributed by atoms with van der Waals surface area (Å²) in [5, 5.41) is 7.44. The molecule has 2 aromatic rings. The fraction of sp³-hybridized carbons (Fsp3) is 0.357. The molecule has 0 radical (unpaired) electrons. The Balaban J connectivity index is 0.00000121. The molecule has 3 rings (SSSR count). The van der Waals surface area contributed by atoms with Crippen LogP contribution in [0, 0.1) is 0 Å². The molecule has 22 heavy (non-hydrogen) atoms. The first-order valence-corrected chi connectivity index (χ1v) is 6.73. The van der Waals surface area contributed by atoms with Gasteiger partial charge in [0, 0.05) is 44.3 Å². The van der Waals surface area contributed by atoms with Gasteiger partial charge in [-0.15, -0.1) is 24.8 Å². The molecule has 0 aromatic carbocycles. The van der Waals surface area contributed by atoms with Crippen LogP contribution in [0.15, 0.2) is 36.8 Å². The lowest BCUT2D eigenvalue weighted by Gasteiger charge is -2.33. The van der Waals surface area contributed by atoms with Crippen LogP contribution in [0.25, 0.3) is 5.69 Å². The van der Waals surface area contributed by atoms with E-state index in [0.717, 1.165) is 18.8 Å². The van der Waals surface area contributed by atoms with Crippen molar-refractivity contribution in [1.29, 1.82) is 0 Å². The monoisotopic (exact) mass is 343 g/mol. The van der Waals surface area contributed by atoms with Crippen LogP contribution < -0.4 is 5.32 Å². The van der Waals surface area contributed by atoms with E-state index in [2.05, 4.69) is 15.4 Å². The van der Waals surface area contributed by atoms with Gasteiger partial charge >= 0.3 is 0 Å². The first kappa shape index (κ1) is 18.4. The molecule has 1 amide bonds. The van der Waals surface area contributed by atoms with Crippen LogP contribution in [0.2, 0.25) is 0 Å². The summed E-state index contributed by atoms with van der Waals surface area (Å²) < 4.78 is 1.72. The second-order valence-electron chi connectivity index (χ2n) is 4.90. The van der Waals surface area contributed by atoms with Crippen molar-refractivity contribution in [3.63, 3.8) is 0 Å². The van der Waals surface area contributed by atoms with Gasteiger partial charge in [0.2, 0.25) is 0 Å². The number of hydrogen-bond acceptors (Lipinski definition) is 4. The maximum Gasteiger partial charge on any atom is 0.272 e. The molecule has 0 aliphatic carbocycles. The topological polar surface area (TPSA) is 63.1 Å². The van der Waals surface area contributed by atoms with Gasteiger partial charge < -0.3 is 10.2 Å². The second kappa shape index (κ2) is 8.12. The predicted octanol–water partition coefficient (Wildman–Crippen LogP) is 1.54. The summed E-state index contributed by atoms with van der Waals surface area (Å²) >= 11 is 0. The fourth-order valence-electron chi connectivity index (χ4n) is 2.39. The zero-order valence-electron chi connectivity index (χ0n) is 12.2. The number of rotatable bonds is 2. The normalized spacial score (nSPS) is 17.3. The van der Waals surface area contributed by atoms with Crippen LogP contribution in [0.3, 0.4) is 0 Å². The number of aromatic nitrogens is 3. The Labute approximate surface area is 141 Å². The molecule has 2 aromatic heterocycles. The highest BCUT2D eigenvalue weighted by atomic mass is 35.5. The van der Waals surface area contributed by atoms with Gasteiger partial charge in [-0.1, -0.05) is 0 Å². The molecule has 8 heteroatoms. The molecule has 0 bridgehead atoms. The number of pyridine rings is 1. The molecule has 1 aliphatic heterocycles. The van der Waals surface area contributed by atoms with E-state index in [9.17, 15) is 4.79 Å². The average molecular weight is 344 g/mol. The van der Waals surface area contributed by atoms with Gasteiger partial charge in [0.25, 0.3) is 5.91 Å². The Kier molecular flexibility index (Phi) is 6.80. The fourth-order valence-corrected chi connectivity index (χ4v) is 2.39. The van der Waals surface area contributed by atoms with Gasteiger partial charge in [-0.3, -0.25) is 9.78 Å². The lowest BCUT2D eigenvalue weighted by atomic mass is 10.2. The number of carbonyl (C=O) groups is 1. The van der Waals surface area contributed by atoms with E-state index in [0.29, 0.717) is 12.2 Å². The summed E-state index contributed by atoms with van der Waals surface area (Å²) in [6.07, 6.45) is 5.20. The zero-order chi connectivity index (χ0) is 13.9. The third-order valence-corrected chi connectivity index (χ3v) is 3.49. The molecule has 0 saturated carbocycles. The Morgan fingerprint density at radius 2 is 2.18 bits per heavy atom. The van der Waals surface area contributed by atoms with E-state index in [1.165, 1.54) is 0 Å². The summed E-state index contributed by atoms with van der Waals surface area (Å²) in [5.74, 6) is -0.0204. The lowest BCUT2D eigenvalue weighted by molar-refractivity contribution is 0.0649. The van der Waals surface area contributed by atoms with E-state index in [1.807, 2.05) is 30.2 Å². The minimum atomic E-state index is -0.0204. The van der Waals surface area contributed by atoms with Crippen molar-refractivity contribution in [2.45, 2.75) is 13.0 Å². The van der Waals surface area contributed by atoms with E-state index in [1.54, 1.807) is 23.1 Å². The van der Waals surface area contributed by atoms with Gasteiger partial charge in [0.05, 0.1) is 5.69 Å². The van der Waals surface area contributed by atoms with E-state index < -0.39 is 0 Å². The number of carbonyl (C=O) groups excluding carboxylic acids is 1. The summed E-state index contributed by atoms with van der Waals surface area (Å²) in [6.45, 7) is 4.41. The minimum Gasteiger partial charge on any atom is -0.332 e. The summed E-state index contributed by atoms with van der Waals surface area (Å²) in [7, 11) is 0. The van der Waals surface area contributed by atoms with Crippen LogP contribution in [0.4, 0.5) is 0 Å². The zero-order valence-corrected chi connectivity index (χ0v) is 13.8. The minimum absolute atomic E-state index is 0. The first-order valence-electron chi connectivity index (χ1n) is 6.73. The predicted molar refractivity (Wildman–Crippen MR) is 89.2 cm³/mol. The summed E-state index contributed by atoms with van der Waals surface area (Å²) in [4.78, 5) is 18.6. The van der Waals surface area contributed by atoms with Crippen LogP contribution >= 0.6 is 24.8 Å². The third-order valence-electron chi connectivity index (χ3n) is 3.49. The van der Waals surface area contributed by atoms with Gasteiger partial charge in [-0.2, -0.15) is 5.10 Å². The summed E-state index contributed by atoms with van der Waals surface area (Å²) in [5.41, 5.74) is 1.31. The maximum absolute atomic E-state index is 12.5. The van der Waals surface area contributed by atoms with E-state index in [4.69, 9.17) is 0 Å². The first-order chi connectivity index (χ1) is 9.75. The second-order valence-corrected chi connectivity index (χ2v) is 4.90. The van der Waals surface area contributed by atoms with Crippen LogP contribution in [-0.2, 0) is 0 Å². The highest BCUT2D eigenvalue weighted by Crippen LogP contribution is 2.12. The van der Waals surface area contributed by atoms with Crippen LogP contribution in [0.1, 0.15) is 17.4 Å². The lowest BCUT2D eigenvalue weighted by Crippen LogP contribution is -2.52. The number of nitrogens with zero attached hydrogens (tertiary/aromatic N) is 4. The molecule has 120 valence electrons. The van der Waals surface area contributed by atoms with E-state index >= 15 is 0 Å². The average Bonchev–Trinajstić information content (AvgIpc) is 3.01.